The zero-order valence-electron chi connectivity index (χ0n) is 10.4. The lowest BCUT2D eigenvalue weighted by Crippen LogP contribution is -2.62. The molecule has 0 saturated carbocycles. The Morgan fingerprint density at radius 3 is 2.25 bits per heavy atom. The molecule has 0 radical (unpaired) electrons. The third-order valence-corrected chi connectivity index (χ3v) is 4.13. The fourth-order valence-corrected chi connectivity index (χ4v) is 3.38. The normalized spacial score (nSPS) is 39.2. The SMILES string of the molecule is CC(C)NC1(C(=O)O)CC2CCC(C1)N2C. The molecular formula is C12H22N2O2. The highest BCUT2D eigenvalue weighted by Gasteiger charge is 2.51. The molecule has 16 heavy (non-hydrogen) atoms. The monoisotopic (exact) mass is 226 g/mol. The third kappa shape index (κ3) is 1.84. The molecule has 2 rings (SSSR count). The first-order chi connectivity index (χ1) is 7.44. The molecule has 4 nitrogen and oxygen atoms in total. The average molecular weight is 226 g/mol. The zero-order chi connectivity index (χ0) is 11.9. The molecule has 2 fully saturated rings. The number of aliphatic carboxylic acids is 1. The largest absolute Gasteiger partial charge is 0.480 e. The Kier molecular flexibility index (Phi) is 2.97. The molecule has 0 aliphatic carbocycles. The van der Waals surface area contributed by atoms with Crippen molar-refractivity contribution in [2.24, 2.45) is 0 Å². The van der Waals surface area contributed by atoms with Gasteiger partial charge in [-0.2, -0.15) is 0 Å². The molecule has 0 aromatic heterocycles. The second-order valence-corrected chi connectivity index (χ2v) is 5.65. The van der Waals surface area contributed by atoms with Crippen LogP contribution in [0.2, 0.25) is 0 Å². The molecule has 2 saturated heterocycles. The van der Waals surface area contributed by atoms with Crippen molar-refractivity contribution in [3.63, 3.8) is 0 Å². The number of piperidine rings is 1. The second kappa shape index (κ2) is 4.00. The first kappa shape index (κ1) is 11.9. The molecule has 2 bridgehead atoms. The standard InChI is InChI=1S/C12H22N2O2/c1-8(2)13-12(11(15)16)6-9-4-5-10(7-12)14(9)3/h8-10,13H,4-7H2,1-3H3,(H,15,16). The molecule has 0 aromatic carbocycles. The number of nitrogens with zero attached hydrogens (tertiary/aromatic N) is 1. The Labute approximate surface area is 97.0 Å². The number of carboxylic acid groups (broad SMARTS) is 1. The Morgan fingerprint density at radius 2 is 1.88 bits per heavy atom. The van der Waals surface area contributed by atoms with E-state index in [1.165, 1.54) is 0 Å². The molecule has 2 unspecified atom stereocenters. The minimum Gasteiger partial charge on any atom is -0.480 e. The predicted molar refractivity (Wildman–Crippen MR) is 62.4 cm³/mol. The van der Waals surface area contributed by atoms with Gasteiger partial charge in [0.2, 0.25) is 0 Å². The van der Waals surface area contributed by atoms with Crippen LogP contribution < -0.4 is 5.32 Å². The van der Waals surface area contributed by atoms with Gasteiger partial charge in [-0.25, -0.2) is 0 Å². The van der Waals surface area contributed by atoms with Crippen LogP contribution in [-0.2, 0) is 4.79 Å². The Morgan fingerprint density at radius 1 is 1.38 bits per heavy atom. The van der Waals surface area contributed by atoms with Gasteiger partial charge >= 0.3 is 5.97 Å². The molecule has 2 aliphatic heterocycles. The maximum atomic E-state index is 11.6. The van der Waals surface area contributed by atoms with Gasteiger partial charge in [-0.15, -0.1) is 0 Å². The number of carboxylic acids is 1. The number of nitrogens with one attached hydrogen (secondary N) is 1. The van der Waals surface area contributed by atoms with E-state index in [1.807, 2.05) is 13.8 Å². The van der Waals surface area contributed by atoms with Crippen LogP contribution in [0, 0.1) is 0 Å². The van der Waals surface area contributed by atoms with Gasteiger partial charge in [0, 0.05) is 18.1 Å². The van der Waals surface area contributed by atoms with Crippen molar-refractivity contribution in [3.05, 3.63) is 0 Å². The van der Waals surface area contributed by atoms with Crippen LogP contribution in [0.1, 0.15) is 39.5 Å². The van der Waals surface area contributed by atoms with E-state index >= 15 is 0 Å². The van der Waals surface area contributed by atoms with Crippen molar-refractivity contribution in [2.45, 2.75) is 63.2 Å². The van der Waals surface area contributed by atoms with Gasteiger partial charge in [0.1, 0.15) is 5.54 Å². The van der Waals surface area contributed by atoms with Crippen molar-refractivity contribution in [3.8, 4) is 0 Å². The Balaban J connectivity index is 2.19. The Bertz CT molecular complexity index is 277. The number of hydrogen-bond donors (Lipinski definition) is 2. The summed E-state index contributed by atoms with van der Waals surface area (Å²) in [5.41, 5.74) is -0.688. The first-order valence-electron chi connectivity index (χ1n) is 6.17. The summed E-state index contributed by atoms with van der Waals surface area (Å²) in [4.78, 5) is 13.9. The van der Waals surface area contributed by atoms with E-state index in [0.717, 1.165) is 25.7 Å². The molecule has 0 spiro atoms. The molecule has 92 valence electrons. The third-order valence-electron chi connectivity index (χ3n) is 4.13. The van der Waals surface area contributed by atoms with Crippen molar-refractivity contribution in [2.75, 3.05) is 7.05 Å². The van der Waals surface area contributed by atoms with E-state index in [2.05, 4.69) is 17.3 Å². The maximum Gasteiger partial charge on any atom is 0.324 e. The van der Waals surface area contributed by atoms with E-state index in [0.29, 0.717) is 12.1 Å². The summed E-state index contributed by atoms with van der Waals surface area (Å²) in [7, 11) is 2.13. The number of hydrogen-bond acceptors (Lipinski definition) is 3. The highest BCUT2D eigenvalue weighted by atomic mass is 16.4. The van der Waals surface area contributed by atoms with Gasteiger partial charge in [-0.1, -0.05) is 0 Å². The summed E-state index contributed by atoms with van der Waals surface area (Å²) in [5, 5.41) is 12.8. The Hall–Kier alpha value is -0.610. The van der Waals surface area contributed by atoms with Crippen LogP contribution in [0.4, 0.5) is 0 Å². The highest BCUT2D eigenvalue weighted by molar-refractivity contribution is 5.79. The first-order valence-corrected chi connectivity index (χ1v) is 6.17. The highest BCUT2D eigenvalue weighted by Crippen LogP contribution is 2.40. The maximum absolute atomic E-state index is 11.6. The zero-order valence-corrected chi connectivity index (χ0v) is 10.4. The van der Waals surface area contributed by atoms with Crippen molar-refractivity contribution < 1.29 is 9.90 Å². The molecule has 0 aromatic rings. The minimum atomic E-state index is -0.688. The van der Waals surface area contributed by atoms with Gasteiger partial charge < -0.3 is 10.0 Å². The van der Waals surface area contributed by atoms with Crippen LogP contribution in [0.3, 0.4) is 0 Å². The van der Waals surface area contributed by atoms with E-state index < -0.39 is 11.5 Å². The predicted octanol–water partition coefficient (Wildman–Crippen LogP) is 1.06. The van der Waals surface area contributed by atoms with Gasteiger partial charge in [0.05, 0.1) is 0 Å². The van der Waals surface area contributed by atoms with E-state index in [9.17, 15) is 9.90 Å². The summed E-state index contributed by atoms with van der Waals surface area (Å²) in [6.07, 6.45) is 3.78. The average Bonchev–Trinajstić information content (AvgIpc) is 2.43. The van der Waals surface area contributed by atoms with Gasteiger partial charge in [0.15, 0.2) is 0 Å². The van der Waals surface area contributed by atoms with Crippen molar-refractivity contribution in [1.29, 1.82) is 0 Å². The molecule has 2 aliphatic rings. The number of fused-ring (bicyclic) bond motifs is 2. The number of carbonyl (C=O) groups is 1. The van der Waals surface area contributed by atoms with Crippen LogP contribution in [0.5, 0.6) is 0 Å². The molecule has 2 atom stereocenters. The lowest BCUT2D eigenvalue weighted by atomic mass is 9.82. The molecule has 0 amide bonds. The topological polar surface area (TPSA) is 52.6 Å². The van der Waals surface area contributed by atoms with E-state index in [1.54, 1.807) is 0 Å². The fourth-order valence-electron chi connectivity index (χ4n) is 3.38. The van der Waals surface area contributed by atoms with Gasteiger partial charge in [-0.05, 0) is 46.6 Å². The van der Waals surface area contributed by atoms with Crippen LogP contribution >= 0.6 is 0 Å². The minimum absolute atomic E-state index is 0.221. The smallest absolute Gasteiger partial charge is 0.324 e. The van der Waals surface area contributed by atoms with Crippen LogP contribution in [0.25, 0.3) is 0 Å². The lowest BCUT2D eigenvalue weighted by molar-refractivity contribution is -0.148. The number of rotatable bonds is 3. The van der Waals surface area contributed by atoms with Gasteiger partial charge in [-0.3, -0.25) is 10.1 Å². The molecule has 2 N–H and O–H groups in total. The second-order valence-electron chi connectivity index (χ2n) is 5.65. The van der Waals surface area contributed by atoms with Crippen LogP contribution in [-0.4, -0.2) is 46.7 Å². The lowest BCUT2D eigenvalue weighted by Gasteiger charge is -2.44. The summed E-state index contributed by atoms with van der Waals surface area (Å²) >= 11 is 0. The van der Waals surface area contributed by atoms with E-state index in [4.69, 9.17) is 0 Å². The van der Waals surface area contributed by atoms with Crippen LogP contribution in [0.15, 0.2) is 0 Å². The van der Waals surface area contributed by atoms with Crippen molar-refractivity contribution in [1.82, 2.24) is 10.2 Å². The summed E-state index contributed by atoms with van der Waals surface area (Å²) in [6, 6.07) is 1.11. The van der Waals surface area contributed by atoms with Crippen molar-refractivity contribution >= 4 is 5.97 Å². The summed E-state index contributed by atoms with van der Waals surface area (Å²) < 4.78 is 0. The fraction of sp³-hybridized carbons (Fsp3) is 0.917. The molecule has 2 heterocycles. The summed E-state index contributed by atoms with van der Waals surface area (Å²) in [6.45, 7) is 4.04. The quantitative estimate of drug-likeness (QED) is 0.755. The summed E-state index contributed by atoms with van der Waals surface area (Å²) in [5.74, 6) is -0.675. The molecular weight excluding hydrogens is 204 g/mol. The van der Waals surface area contributed by atoms with Gasteiger partial charge in [0.25, 0.3) is 0 Å². The molecule has 4 heteroatoms. The van der Waals surface area contributed by atoms with E-state index in [-0.39, 0.29) is 6.04 Å².